The molecule has 6 nitrogen and oxygen atoms in total. The molecule has 0 aliphatic heterocycles. The summed E-state index contributed by atoms with van der Waals surface area (Å²) in [6.45, 7) is 1.45. The third-order valence-electron chi connectivity index (χ3n) is 2.80. The molecule has 0 heterocycles. The maximum Gasteiger partial charge on any atom is 0.311 e. The Balaban J connectivity index is 1.99. The summed E-state index contributed by atoms with van der Waals surface area (Å²) < 4.78 is 6.31. The van der Waals surface area contributed by atoms with E-state index in [1.54, 1.807) is 25.1 Å². The molecular weight excluding hydrogens is 399 g/mol. The summed E-state index contributed by atoms with van der Waals surface area (Å²) >= 11 is 2.17. The number of carbonyl (C=O) groups excluding carboxylic acids is 1. The molecule has 0 bridgehead atoms. The van der Waals surface area contributed by atoms with E-state index >= 15 is 0 Å². The Hall–Kier alpha value is -2.16. The van der Waals surface area contributed by atoms with Gasteiger partial charge >= 0.3 is 5.69 Å². The lowest BCUT2D eigenvalue weighted by Crippen LogP contribution is -2.20. The van der Waals surface area contributed by atoms with Gasteiger partial charge in [-0.2, -0.15) is 0 Å². The van der Waals surface area contributed by atoms with Gasteiger partial charge in [-0.15, -0.1) is 0 Å². The molecule has 7 heteroatoms. The number of nitrogens with one attached hydrogen (secondary N) is 1. The first-order chi connectivity index (χ1) is 10.5. The summed E-state index contributed by atoms with van der Waals surface area (Å²) in [5.41, 5.74) is 1.25. The molecule has 0 aliphatic carbocycles. The highest BCUT2D eigenvalue weighted by Gasteiger charge is 2.16. The summed E-state index contributed by atoms with van der Waals surface area (Å²) in [4.78, 5) is 22.2. The van der Waals surface area contributed by atoms with Crippen molar-refractivity contribution >= 4 is 39.9 Å². The van der Waals surface area contributed by atoms with Crippen molar-refractivity contribution in [1.82, 2.24) is 0 Å². The van der Waals surface area contributed by atoms with E-state index in [0.717, 1.165) is 9.13 Å². The Bertz CT molecular complexity index is 701. The zero-order valence-corrected chi connectivity index (χ0v) is 13.9. The third-order valence-corrected chi connectivity index (χ3v) is 3.52. The fourth-order valence-electron chi connectivity index (χ4n) is 1.77. The number of hydrogen-bond donors (Lipinski definition) is 1. The molecule has 2 aromatic carbocycles. The van der Waals surface area contributed by atoms with E-state index in [4.69, 9.17) is 4.74 Å². The Morgan fingerprint density at radius 2 is 1.95 bits per heavy atom. The van der Waals surface area contributed by atoms with Crippen LogP contribution in [0.3, 0.4) is 0 Å². The van der Waals surface area contributed by atoms with Crippen molar-refractivity contribution in [2.75, 3.05) is 11.9 Å². The number of hydrogen-bond acceptors (Lipinski definition) is 4. The SMILES string of the molecule is Cc1ccc(OCC(=O)Nc2ccc(I)cc2)c([N+](=O)[O-])c1. The average Bonchev–Trinajstić information content (AvgIpc) is 2.48. The molecule has 0 fully saturated rings. The minimum Gasteiger partial charge on any atom is -0.477 e. The number of nitro benzene ring substituents is 1. The number of amides is 1. The van der Waals surface area contributed by atoms with Crippen LogP contribution in [0.1, 0.15) is 5.56 Å². The molecule has 0 aliphatic rings. The predicted molar refractivity (Wildman–Crippen MR) is 91.1 cm³/mol. The van der Waals surface area contributed by atoms with Crippen LogP contribution in [0.15, 0.2) is 42.5 Å². The quantitative estimate of drug-likeness (QED) is 0.463. The number of carbonyl (C=O) groups is 1. The van der Waals surface area contributed by atoms with Gasteiger partial charge in [0.2, 0.25) is 0 Å². The lowest BCUT2D eigenvalue weighted by molar-refractivity contribution is -0.385. The minimum atomic E-state index is -0.528. The van der Waals surface area contributed by atoms with Crippen LogP contribution in [0.4, 0.5) is 11.4 Å². The van der Waals surface area contributed by atoms with Gasteiger partial charge in [-0.1, -0.05) is 6.07 Å². The third kappa shape index (κ3) is 4.42. The molecule has 114 valence electrons. The Kier molecular flexibility index (Phi) is 5.31. The van der Waals surface area contributed by atoms with Gasteiger partial charge in [-0.3, -0.25) is 14.9 Å². The highest BCUT2D eigenvalue weighted by molar-refractivity contribution is 14.1. The van der Waals surface area contributed by atoms with Crippen LogP contribution < -0.4 is 10.1 Å². The van der Waals surface area contributed by atoms with Crippen molar-refractivity contribution in [2.45, 2.75) is 6.92 Å². The van der Waals surface area contributed by atoms with Crippen LogP contribution in [0.5, 0.6) is 5.75 Å². The second kappa shape index (κ2) is 7.21. The lowest BCUT2D eigenvalue weighted by Gasteiger charge is -2.08. The summed E-state index contributed by atoms with van der Waals surface area (Å²) in [7, 11) is 0. The number of halogens is 1. The second-order valence-corrected chi connectivity index (χ2v) is 5.82. The van der Waals surface area contributed by atoms with Crippen molar-refractivity contribution in [3.05, 3.63) is 61.7 Å². The van der Waals surface area contributed by atoms with Gasteiger partial charge in [0.25, 0.3) is 5.91 Å². The topological polar surface area (TPSA) is 81.5 Å². The van der Waals surface area contributed by atoms with Crippen molar-refractivity contribution in [3.63, 3.8) is 0 Å². The van der Waals surface area contributed by atoms with Gasteiger partial charge in [0.15, 0.2) is 12.4 Å². The first kappa shape index (κ1) is 16.2. The standard InChI is InChI=1S/C15H13IN2O4/c1-10-2-7-14(13(8-10)18(20)21)22-9-15(19)17-12-5-3-11(16)4-6-12/h2-8H,9H2,1H3,(H,17,19). The van der Waals surface area contributed by atoms with Crippen LogP contribution in [-0.4, -0.2) is 17.4 Å². The van der Waals surface area contributed by atoms with Crippen LogP contribution in [0, 0.1) is 20.6 Å². The maximum absolute atomic E-state index is 11.8. The van der Waals surface area contributed by atoms with Gasteiger partial charge in [0.1, 0.15) is 0 Å². The van der Waals surface area contributed by atoms with E-state index in [9.17, 15) is 14.9 Å². The molecule has 0 saturated carbocycles. The highest BCUT2D eigenvalue weighted by atomic mass is 127. The molecule has 0 aromatic heterocycles. The number of aryl methyl sites for hydroxylation is 1. The Labute approximate surface area is 140 Å². The number of anilines is 1. The zero-order chi connectivity index (χ0) is 16.1. The summed E-state index contributed by atoms with van der Waals surface area (Å²) in [6.07, 6.45) is 0. The molecule has 0 unspecified atom stereocenters. The zero-order valence-electron chi connectivity index (χ0n) is 11.7. The normalized spacial score (nSPS) is 10.1. The van der Waals surface area contributed by atoms with Crippen LogP contribution in [0.2, 0.25) is 0 Å². The average molecular weight is 412 g/mol. The van der Waals surface area contributed by atoms with Gasteiger partial charge in [0.05, 0.1) is 4.92 Å². The van der Waals surface area contributed by atoms with Crippen LogP contribution in [-0.2, 0) is 4.79 Å². The van der Waals surface area contributed by atoms with Crippen molar-refractivity contribution in [2.24, 2.45) is 0 Å². The fraction of sp³-hybridized carbons (Fsp3) is 0.133. The van der Waals surface area contributed by atoms with Gasteiger partial charge < -0.3 is 10.1 Å². The van der Waals surface area contributed by atoms with E-state index in [1.807, 2.05) is 12.1 Å². The second-order valence-electron chi connectivity index (χ2n) is 4.57. The number of nitrogens with zero attached hydrogens (tertiary/aromatic N) is 1. The summed E-state index contributed by atoms with van der Waals surface area (Å²) in [5, 5.41) is 13.6. The Morgan fingerprint density at radius 1 is 1.27 bits per heavy atom. The highest BCUT2D eigenvalue weighted by Crippen LogP contribution is 2.27. The van der Waals surface area contributed by atoms with Crippen molar-refractivity contribution in [3.8, 4) is 5.75 Å². The fourth-order valence-corrected chi connectivity index (χ4v) is 2.13. The van der Waals surface area contributed by atoms with E-state index in [0.29, 0.717) is 5.69 Å². The molecule has 22 heavy (non-hydrogen) atoms. The first-order valence-corrected chi connectivity index (χ1v) is 7.47. The van der Waals surface area contributed by atoms with E-state index in [2.05, 4.69) is 27.9 Å². The molecule has 1 N–H and O–H groups in total. The molecule has 2 rings (SSSR count). The van der Waals surface area contributed by atoms with Crippen LogP contribution >= 0.6 is 22.6 Å². The largest absolute Gasteiger partial charge is 0.477 e. The molecule has 0 saturated heterocycles. The van der Waals surface area contributed by atoms with Crippen molar-refractivity contribution < 1.29 is 14.5 Å². The first-order valence-electron chi connectivity index (χ1n) is 6.39. The lowest BCUT2D eigenvalue weighted by atomic mass is 10.2. The molecule has 0 spiro atoms. The monoisotopic (exact) mass is 412 g/mol. The number of rotatable bonds is 5. The summed E-state index contributed by atoms with van der Waals surface area (Å²) in [5.74, 6) is -0.301. The van der Waals surface area contributed by atoms with Gasteiger partial charge in [-0.25, -0.2) is 0 Å². The van der Waals surface area contributed by atoms with E-state index in [-0.39, 0.29) is 24.0 Å². The van der Waals surface area contributed by atoms with E-state index in [1.165, 1.54) is 12.1 Å². The molecular formula is C15H13IN2O4. The van der Waals surface area contributed by atoms with E-state index < -0.39 is 4.92 Å². The Morgan fingerprint density at radius 3 is 2.59 bits per heavy atom. The molecule has 0 atom stereocenters. The smallest absolute Gasteiger partial charge is 0.311 e. The maximum atomic E-state index is 11.8. The minimum absolute atomic E-state index is 0.0772. The number of nitro groups is 1. The molecule has 1 amide bonds. The molecule has 2 aromatic rings. The van der Waals surface area contributed by atoms with Crippen LogP contribution in [0.25, 0.3) is 0 Å². The number of benzene rings is 2. The van der Waals surface area contributed by atoms with Crippen molar-refractivity contribution in [1.29, 1.82) is 0 Å². The summed E-state index contributed by atoms with van der Waals surface area (Å²) in [6, 6.07) is 11.9. The molecule has 0 radical (unpaired) electrons. The van der Waals surface area contributed by atoms with Gasteiger partial charge in [-0.05, 0) is 65.4 Å². The van der Waals surface area contributed by atoms with Gasteiger partial charge in [0, 0.05) is 15.3 Å². The predicted octanol–water partition coefficient (Wildman–Crippen LogP) is 3.53. The number of ether oxygens (including phenoxy) is 1.